The first-order valence-corrected chi connectivity index (χ1v) is 8.23. The average Bonchev–Trinajstić information content (AvgIpc) is 2.69. The quantitative estimate of drug-likeness (QED) is 0.628. The van der Waals surface area contributed by atoms with Gasteiger partial charge in [-0.25, -0.2) is 23.1 Å². The van der Waals surface area contributed by atoms with Gasteiger partial charge < -0.3 is 10.5 Å². The Morgan fingerprint density at radius 2 is 2.14 bits per heavy atom. The van der Waals surface area contributed by atoms with Crippen LogP contribution >= 0.6 is 0 Å². The van der Waals surface area contributed by atoms with Gasteiger partial charge in [0.25, 0.3) is 12.4 Å². The van der Waals surface area contributed by atoms with Crippen LogP contribution in [0.2, 0.25) is 0 Å². The number of alkyl halides is 2. The number of hydrogen-bond donors (Lipinski definition) is 1. The maximum atomic E-state index is 14.5. The summed E-state index contributed by atoms with van der Waals surface area (Å²) < 4.78 is 44.6. The third kappa shape index (κ3) is 3.81. The molecule has 0 unspecified atom stereocenters. The molecule has 2 N–H and O–H groups in total. The highest BCUT2D eigenvalue weighted by molar-refractivity contribution is 5.95. The molecule has 144 valence electrons. The van der Waals surface area contributed by atoms with E-state index in [9.17, 15) is 18.0 Å². The number of carbonyl (C=O) groups excluding carboxylic acids is 1. The summed E-state index contributed by atoms with van der Waals surface area (Å²) in [4.78, 5) is 23.7. The third-order valence-electron chi connectivity index (χ3n) is 4.28. The number of ketones is 1. The van der Waals surface area contributed by atoms with Gasteiger partial charge in [0.1, 0.15) is 17.2 Å². The Morgan fingerprint density at radius 3 is 2.75 bits per heavy atom. The van der Waals surface area contributed by atoms with Crippen LogP contribution < -0.4 is 5.73 Å². The Hall–Kier alpha value is -3.41. The van der Waals surface area contributed by atoms with Gasteiger partial charge in [-0.05, 0) is 17.7 Å². The molecule has 9 heteroatoms. The molecule has 0 spiro atoms. The maximum Gasteiger partial charge on any atom is 0.283 e. The lowest BCUT2D eigenvalue weighted by Gasteiger charge is -2.29. The summed E-state index contributed by atoms with van der Waals surface area (Å²) in [6.45, 7) is 0.175. The summed E-state index contributed by atoms with van der Waals surface area (Å²) in [6.07, 6.45) is 4.74. The molecule has 0 fully saturated rings. The molecule has 0 saturated heterocycles. The summed E-state index contributed by atoms with van der Waals surface area (Å²) >= 11 is 0. The van der Waals surface area contributed by atoms with E-state index in [1.807, 2.05) is 0 Å². The fourth-order valence-corrected chi connectivity index (χ4v) is 2.83. The number of halogens is 3. The number of ether oxygens (including phenoxy) is 1. The van der Waals surface area contributed by atoms with Crippen molar-refractivity contribution in [1.82, 2.24) is 9.97 Å². The molecule has 0 amide bonds. The van der Waals surface area contributed by atoms with Crippen molar-refractivity contribution < 1.29 is 22.7 Å². The van der Waals surface area contributed by atoms with Crippen molar-refractivity contribution in [2.24, 2.45) is 10.7 Å². The minimum Gasteiger partial charge on any atom is -0.465 e. The van der Waals surface area contributed by atoms with Crippen LogP contribution in [0.15, 0.2) is 35.6 Å². The highest BCUT2D eigenvalue weighted by atomic mass is 19.3. The molecule has 0 bridgehead atoms. The van der Waals surface area contributed by atoms with Crippen molar-refractivity contribution in [2.75, 3.05) is 6.61 Å². The van der Waals surface area contributed by atoms with Gasteiger partial charge >= 0.3 is 0 Å². The summed E-state index contributed by atoms with van der Waals surface area (Å²) in [6, 6.07) is 3.91. The highest BCUT2D eigenvalue weighted by Gasteiger charge is 2.36. The molecule has 0 radical (unpaired) electrons. The number of carbonyl (C=O) groups is 1. The van der Waals surface area contributed by atoms with E-state index >= 15 is 0 Å². The zero-order valence-corrected chi connectivity index (χ0v) is 14.5. The van der Waals surface area contributed by atoms with Gasteiger partial charge in [-0.15, -0.1) is 6.42 Å². The van der Waals surface area contributed by atoms with Crippen molar-refractivity contribution in [3.8, 4) is 12.3 Å². The molecule has 0 saturated carbocycles. The number of benzene rings is 1. The number of rotatable bonds is 5. The molecule has 3 rings (SSSR count). The van der Waals surface area contributed by atoms with Gasteiger partial charge in [-0.2, -0.15) is 0 Å². The summed E-state index contributed by atoms with van der Waals surface area (Å²) in [5.41, 5.74) is 4.22. The predicted molar refractivity (Wildman–Crippen MR) is 94.1 cm³/mol. The van der Waals surface area contributed by atoms with E-state index in [4.69, 9.17) is 16.9 Å². The lowest BCUT2D eigenvalue weighted by atomic mass is 9.86. The van der Waals surface area contributed by atoms with Crippen molar-refractivity contribution in [2.45, 2.75) is 24.8 Å². The van der Waals surface area contributed by atoms with Crippen LogP contribution in [0.25, 0.3) is 0 Å². The largest absolute Gasteiger partial charge is 0.465 e. The van der Waals surface area contributed by atoms with Crippen molar-refractivity contribution >= 4 is 11.8 Å². The number of aromatic nitrogens is 2. The second kappa shape index (κ2) is 7.68. The van der Waals surface area contributed by atoms with E-state index in [0.717, 1.165) is 12.4 Å². The van der Waals surface area contributed by atoms with Crippen molar-refractivity contribution in [3.05, 3.63) is 58.9 Å². The standard InChI is InChI=1S/C19H15F3N4O2/c1-2-19(5-6-28-18(23)26-19)12-7-11(3-4-13(12)20)8-16(27)14-9-25-15(10-24-14)17(21)22/h1,3-4,7,9-10,17H,5-6,8H2,(H2,23,26)/t19-/m0/s1. The first-order chi connectivity index (χ1) is 13.3. The van der Waals surface area contributed by atoms with Gasteiger partial charge in [-0.3, -0.25) is 9.78 Å². The van der Waals surface area contributed by atoms with Gasteiger partial charge in [-0.1, -0.05) is 12.0 Å². The number of nitrogens with zero attached hydrogens (tertiary/aromatic N) is 3. The van der Waals surface area contributed by atoms with Gasteiger partial charge in [0.05, 0.1) is 19.0 Å². The molecular weight excluding hydrogens is 373 g/mol. The number of aliphatic imine (C=N–C) groups is 1. The molecule has 0 aliphatic carbocycles. The Morgan fingerprint density at radius 1 is 1.36 bits per heavy atom. The minimum absolute atomic E-state index is 0.0738. The fourth-order valence-electron chi connectivity index (χ4n) is 2.83. The first kappa shape index (κ1) is 19.4. The Labute approximate surface area is 158 Å². The van der Waals surface area contributed by atoms with Crippen LogP contribution in [-0.4, -0.2) is 28.4 Å². The monoisotopic (exact) mass is 388 g/mol. The van der Waals surface area contributed by atoms with Gasteiger partial charge in [0.2, 0.25) is 0 Å². The number of terminal acetylenes is 1. The molecule has 2 heterocycles. The zero-order valence-electron chi connectivity index (χ0n) is 14.5. The van der Waals surface area contributed by atoms with E-state index in [1.165, 1.54) is 18.2 Å². The van der Waals surface area contributed by atoms with Crippen LogP contribution in [0.4, 0.5) is 13.2 Å². The number of nitrogens with two attached hydrogens (primary N) is 1. The van der Waals surface area contributed by atoms with E-state index < -0.39 is 29.3 Å². The average molecular weight is 388 g/mol. The highest BCUT2D eigenvalue weighted by Crippen LogP contribution is 2.34. The van der Waals surface area contributed by atoms with Crippen molar-refractivity contribution in [1.29, 1.82) is 0 Å². The van der Waals surface area contributed by atoms with Crippen LogP contribution in [0.5, 0.6) is 0 Å². The molecular formula is C19H15F3N4O2. The zero-order chi connectivity index (χ0) is 20.3. The minimum atomic E-state index is -2.77. The summed E-state index contributed by atoms with van der Waals surface area (Å²) in [5.74, 6) is 1.42. The number of amidine groups is 1. The van der Waals surface area contributed by atoms with Crippen molar-refractivity contribution in [3.63, 3.8) is 0 Å². The molecule has 1 aromatic heterocycles. The van der Waals surface area contributed by atoms with Gasteiger partial charge in [0.15, 0.2) is 11.3 Å². The van der Waals surface area contributed by atoms with Crippen LogP contribution in [-0.2, 0) is 16.7 Å². The molecule has 1 atom stereocenters. The Balaban J connectivity index is 1.88. The Kier molecular flexibility index (Phi) is 5.31. The van der Waals surface area contributed by atoms with E-state index in [2.05, 4.69) is 20.9 Å². The molecule has 1 aliphatic heterocycles. The molecule has 28 heavy (non-hydrogen) atoms. The van der Waals surface area contributed by atoms with Crippen LogP contribution in [0.1, 0.15) is 40.2 Å². The molecule has 6 nitrogen and oxygen atoms in total. The topological polar surface area (TPSA) is 90.5 Å². The second-order valence-electron chi connectivity index (χ2n) is 6.09. The molecule has 2 aromatic rings. The van der Waals surface area contributed by atoms with Crippen LogP contribution in [0, 0.1) is 18.2 Å². The molecule has 1 aliphatic rings. The third-order valence-corrected chi connectivity index (χ3v) is 4.28. The fraction of sp³-hybridized carbons (Fsp3) is 0.263. The van der Waals surface area contributed by atoms with E-state index in [1.54, 1.807) is 0 Å². The van der Waals surface area contributed by atoms with Gasteiger partial charge in [0, 0.05) is 18.4 Å². The summed E-state index contributed by atoms with van der Waals surface area (Å²) in [7, 11) is 0. The predicted octanol–water partition coefficient (Wildman–Crippen LogP) is 2.54. The lowest BCUT2D eigenvalue weighted by molar-refractivity contribution is 0.0986. The summed E-state index contributed by atoms with van der Waals surface area (Å²) in [5, 5.41) is 0. The number of Topliss-reactive ketones (excluding diaryl/α,β-unsaturated/α-hetero) is 1. The maximum absolute atomic E-state index is 14.5. The van der Waals surface area contributed by atoms with E-state index in [0.29, 0.717) is 5.56 Å². The molecule has 1 aromatic carbocycles. The van der Waals surface area contributed by atoms with E-state index in [-0.39, 0.29) is 36.7 Å². The van der Waals surface area contributed by atoms with Crippen LogP contribution in [0.3, 0.4) is 0 Å². The first-order valence-electron chi connectivity index (χ1n) is 8.23. The number of hydrogen-bond acceptors (Lipinski definition) is 6. The SMILES string of the molecule is C#C[C@@]1(c2cc(CC(=O)c3cnc(C(F)F)cn3)ccc2F)CCOC(N)=N1. The second-order valence-corrected chi connectivity index (χ2v) is 6.09. The lowest BCUT2D eigenvalue weighted by Crippen LogP contribution is -2.35. The Bertz CT molecular complexity index is 970. The normalized spacial score (nSPS) is 18.9. The smallest absolute Gasteiger partial charge is 0.283 e.